The minimum absolute atomic E-state index is 0.137. The maximum atomic E-state index is 10.8. The van der Waals surface area contributed by atoms with Crippen LogP contribution in [0.2, 0.25) is 19.6 Å². The number of hydrogen-bond donors (Lipinski definition) is 0. The smallest absolute Gasteiger partial charge is 0.258 e. The largest absolute Gasteiger partial charge is 0.269 e. The molecule has 5 heteroatoms. The van der Waals surface area contributed by atoms with Crippen molar-refractivity contribution >= 4 is 25.5 Å². The second-order valence-corrected chi connectivity index (χ2v) is 10.6. The van der Waals surface area contributed by atoms with E-state index in [0.29, 0.717) is 6.42 Å². The molecular formula is C13H17NO2SSi. The van der Waals surface area contributed by atoms with Crippen molar-refractivity contribution in [3.8, 4) is 11.5 Å². The summed E-state index contributed by atoms with van der Waals surface area (Å²) < 4.78 is 0. The molecule has 18 heavy (non-hydrogen) atoms. The van der Waals surface area contributed by atoms with Gasteiger partial charge < -0.3 is 0 Å². The Kier molecular flexibility index (Phi) is 5.00. The predicted octanol–water partition coefficient (Wildman–Crippen LogP) is 3.74. The van der Waals surface area contributed by atoms with Crippen LogP contribution in [0.1, 0.15) is 5.56 Å². The zero-order valence-electron chi connectivity index (χ0n) is 11.1. The summed E-state index contributed by atoms with van der Waals surface area (Å²) in [7, 11) is -1.38. The van der Waals surface area contributed by atoms with Gasteiger partial charge in [-0.05, 0) is 17.9 Å². The Labute approximate surface area is 113 Å². The van der Waals surface area contributed by atoms with Crippen molar-refractivity contribution in [2.75, 3.05) is 6.26 Å². The van der Waals surface area contributed by atoms with E-state index in [1.807, 2.05) is 6.26 Å². The van der Waals surface area contributed by atoms with E-state index in [9.17, 15) is 10.1 Å². The van der Waals surface area contributed by atoms with Crippen molar-refractivity contribution in [3.05, 3.63) is 33.9 Å². The summed E-state index contributed by atoms with van der Waals surface area (Å²) in [5.74, 6) is 3.16. The van der Waals surface area contributed by atoms with Gasteiger partial charge in [-0.15, -0.1) is 23.2 Å². The summed E-state index contributed by atoms with van der Waals surface area (Å²) in [6.45, 7) is 6.55. The van der Waals surface area contributed by atoms with Crippen LogP contribution in [0.25, 0.3) is 0 Å². The third-order valence-corrected chi connectivity index (χ3v) is 3.98. The highest BCUT2D eigenvalue weighted by atomic mass is 32.2. The summed E-state index contributed by atoms with van der Waals surface area (Å²) in [5, 5.41) is 10.8. The molecule has 3 nitrogen and oxygen atoms in total. The van der Waals surface area contributed by atoms with Crippen molar-refractivity contribution in [2.45, 2.75) is 31.0 Å². The lowest BCUT2D eigenvalue weighted by atomic mass is 10.1. The highest BCUT2D eigenvalue weighted by Crippen LogP contribution is 2.25. The van der Waals surface area contributed by atoms with E-state index >= 15 is 0 Å². The van der Waals surface area contributed by atoms with Crippen LogP contribution in [0.5, 0.6) is 0 Å². The normalized spacial score (nSPS) is 10.7. The van der Waals surface area contributed by atoms with Gasteiger partial charge in [0.1, 0.15) is 8.07 Å². The molecule has 0 aliphatic carbocycles. The predicted molar refractivity (Wildman–Crippen MR) is 79.7 cm³/mol. The summed E-state index contributed by atoms with van der Waals surface area (Å²) >= 11 is 1.59. The van der Waals surface area contributed by atoms with Crippen molar-refractivity contribution in [1.29, 1.82) is 0 Å². The minimum atomic E-state index is -1.38. The van der Waals surface area contributed by atoms with Gasteiger partial charge in [0.05, 0.1) is 4.92 Å². The molecule has 0 spiro atoms. The summed E-state index contributed by atoms with van der Waals surface area (Å²) in [6, 6.07) is 4.97. The molecule has 0 heterocycles. The van der Waals surface area contributed by atoms with Crippen LogP contribution in [-0.2, 0) is 6.42 Å². The second kappa shape index (κ2) is 6.07. The lowest BCUT2D eigenvalue weighted by Gasteiger charge is -2.05. The third kappa shape index (κ3) is 4.55. The molecule has 0 fully saturated rings. The monoisotopic (exact) mass is 279 g/mol. The molecule has 0 saturated heterocycles. The highest BCUT2D eigenvalue weighted by Gasteiger charge is 2.10. The van der Waals surface area contributed by atoms with Crippen LogP contribution in [0, 0.1) is 21.6 Å². The lowest BCUT2D eigenvalue weighted by molar-refractivity contribution is -0.385. The summed E-state index contributed by atoms with van der Waals surface area (Å²) in [6.07, 6.45) is 2.55. The number of nitrogens with zero attached hydrogens (tertiary/aromatic N) is 1. The number of benzene rings is 1. The van der Waals surface area contributed by atoms with Crippen LogP contribution in [0.4, 0.5) is 5.69 Å². The average Bonchev–Trinajstić information content (AvgIpc) is 2.27. The van der Waals surface area contributed by atoms with Gasteiger partial charge in [-0.2, -0.15) is 0 Å². The van der Waals surface area contributed by atoms with E-state index in [2.05, 4.69) is 31.1 Å². The molecule has 0 aromatic heterocycles. The van der Waals surface area contributed by atoms with Gasteiger partial charge in [-0.25, -0.2) is 0 Å². The van der Waals surface area contributed by atoms with Gasteiger partial charge in [0, 0.05) is 23.4 Å². The number of nitro benzene ring substituents is 1. The first-order valence-electron chi connectivity index (χ1n) is 5.65. The Balaban J connectivity index is 3.01. The third-order valence-electron chi connectivity index (χ3n) is 2.22. The average molecular weight is 279 g/mol. The standard InChI is InChI=1S/C13H17NO2SSi/c1-17-13-8-7-12(14(15)16)10-11(13)6-5-9-18(2,3)4/h7-8,10H,6H2,1-4H3. The fraction of sp³-hybridized carbons (Fsp3) is 0.385. The van der Waals surface area contributed by atoms with E-state index in [-0.39, 0.29) is 10.6 Å². The zero-order chi connectivity index (χ0) is 13.8. The van der Waals surface area contributed by atoms with E-state index in [0.717, 1.165) is 10.5 Å². The van der Waals surface area contributed by atoms with Crippen molar-refractivity contribution in [2.24, 2.45) is 0 Å². The maximum absolute atomic E-state index is 10.8. The molecule has 1 rings (SSSR count). The first kappa shape index (κ1) is 14.8. The molecule has 0 radical (unpaired) electrons. The number of nitro groups is 1. The van der Waals surface area contributed by atoms with Gasteiger partial charge >= 0.3 is 0 Å². The quantitative estimate of drug-likeness (QED) is 0.278. The molecule has 0 N–H and O–H groups in total. The Morgan fingerprint density at radius 1 is 1.39 bits per heavy atom. The maximum Gasteiger partial charge on any atom is 0.269 e. The van der Waals surface area contributed by atoms with E-state index in [1.165, 1.54) is 0 Å². The van der Waals surface area contributed by atoms with E-state index < -0.39 is 8.07 Å². The molecule has 0 saturated carbocycles. The first-order valence-corrected chi connectivity index (χ1v) is 10.4. The number of non-ortho nitro benzene ring substituents is 1. The van der Waals surface area contributed by atoms with Crippen LogP contribution < -0.4 is 0 Å². The Hall–Kier alpha value is -1.25. The molecular weight excluding hydrogens is 262 g/mol. The molecule has 1 aromatic carbocycles. The molecule has 0 aliphatic rings. The Morgan fingerprint density at radius 3 is 2.56 bits per heavy atom. The topological polar surface area (TPSA) is 43.1 Å². The van der Waals surface area contributed by atoms with Crippen molar-refractivity contribution < 1.29 is 4.92 Å². The van der Waals surface area contributed by atoms with Crippen LogP contribution in [0.15, 0.2) is 23.1 Å². The summed E-state index contributed by atoms with van der Waals surface area (Å²) in [5.41, 5.74) is 4.36. The second-order valence-electron chi connectivity index (χ2n) is 4.98. The van der Waals surface area contributed by atoms with Crippen LogP contribution in [0.3, 0.4) is 0 Å². The van der Waals surface area contributed by atoms with Gasteiger partial charge in [-0.3, -0.25) is 10.1 Å². The highest BCUT2D eigenvalue weighted by molar-refractivity contribution is 7.98. The van der Waals surface area contributed by atoms with Crippen molar-refractivity contribution in [1.82, 2.24) is 0 Å². The number of hydrogen-bond acceptors (Lipinski definition) is 3. The Morgan fingerprint density at radius 2 is 2.06 bits per heavy atom. The molecule has 96 valence electrons. The van der Waals surface area contributed by atoms with Gasteiger partial charge in [0.2, 0.25) is 0 Å². The molecule has 0 atom stereocenters. The lowest BCUT2D eigenvalue weighted by Crippen LogP contribution is -2.16. The summed E-state index contributed by atoms with van der Waals surface area (Å²) in [4.78, 5) is 11.5. The first-order chi connectivity index (χ1) is 8.33. The molecule has 1 aromatic rings. The van der Waals surface area contributed by atoms with Crippen LogP contribution >= 0.6 is 11.8 Å². The van der Waals surface area contributed by atoms with Crippen molar-refractivity contribution in [3.63, 3.8) is 0 Å². The van der Waals surface area contributed by atoms with Gasteiger partial charge in [0.15, 0.2) is 0 Å². The number of rotatable bonds is 3. The fourth-order valence-electron chi connectivity index (χ4n) is 1.42. The number of thioether (sulfide) groups is 1. The van der Waals surface area contributed by atoms with Gasteiger partial charge in [-0.1, -0.05) is 19.6 Å². The van der Waals surface area contributed by atoms with E-state index in [1.54, 1.807) is 30.0 Å². The zero-order valence-corrected chi connectivity index (χ0v) is 12.9. The van der Waals surface area contributed by atoms with Crippen LogP contribution in [-0.4, -0.2) is 19.3 Å². The fourth-order valence-corrected chi connectivity index (χ4v) is 2.64. The SMILES string of the molecule is CSc1ccc([N+](=O)[O-])cc1CC#C[Si](C)(C)C. The van der Waals surface area contributed by atoms with Gasteiger partial charge in [0.25, 0.3) is 5.69 Å². The van der Waals surface area contributed by atoms with E-state index in [4.69, 9.17) is 0 Å². The minimum Gasteiger partial charge on any atom is -0.258 e. The molecule has 0 unspecified atom stereocenters. The molecule has 0 amide bonds. The Bertz CT molecular complexity index is 512. The molecule has 0 aliphatic heterocycles. The molecule has 0 bridgehead atoms.